The summed E-state index contributed by atoms with van der Waals surface area (Å²) in [6.07, 6.45) is 1.43. The summed E-state index contributed by atoms with van der Waals surface area (Å²) in [5.41, 5.74) is 4.52. The number of esters is 1. The zero-order chi connectivity index (χ0) is 24.7. The molecule has 0 saturated heterocycles. The monoisotopic (exact) mass is 525 g/mol. The third kappa shape index (κ3) is 6.72. The summed E-state index contributed by atoms with van der Waals surface area (Å²) in [5.74, 6) is -0.187. The summed E-state index contributed by atoms with van der Waals surface area (Å²) >= 11 is 3.31. The number of aryl methyl sites for hydroxylation is 2. The van der Waals surface area contributed by atoms with Crippen LogP contribution in [-0.2, 0) is 4.79 Å². The van der Waals surface area contributed by atoms with Crippen LogP contribution >= 0.6 is 15.9 Å². The number of amides is 1. The van der Waals surface area contributed by atoms with Crippen molar-refractivity contribution in [3.05, 3.63) is 97.5 Å². The number of non-ortho nitro benzene ring substituents is 1. The highest BCUT2D eigenvalue weighted by Gasteiger charge is 2.14. The minimum absolute atomic E-state index is 0.0367. The van der Waals surface area contributed by atoms with E-state index in [1.807, 2.05) is 6.07 Å². The Hall–Kier alpha value is -4.05. The van der Waals surface area contributed by atoms with E-state index in [0.717, 1.165) is 4.47 Å². The Morgan fingerprint density at radius 3 is 2.38 bits per heavy atom. The summed E-state index contributed by atoms with van der Waals surface area (Å²) in [5, 5.41) is 14.8. The fraction of sp³-hybridized carbons (Fsp3) is 0.125. The van der Waals surface area contributed by atoms with Gasteiger partial charge in [-0.25, -0.2) is 10.2 Å². The molecule has 0 aliphatic rings. The number of carbonyl (C=O) groups is 2. The molecular formula is C24H20BrN3O6. The lowest BCUT2D eigenvalue weighted by Crippen LogP contribution is -2.25. The average molecular weight is 526 g/mol. The lowest BCUT2D eigenvalue weighted by Gasteiger charge is -2.11. The number of hydrogen-bond donors (Lipinski definition) is 1. The fourth-order valence-electron chi connectivity index (χ4n) is 3.01. The van der Waals surface area contributed by atoms with Crippen LogP contribution in [0, 0.1) is 24.0 Å². The first-order valence-electron chi connectivity index (χ1n) is 10.0. The molecule has 3 rings (SSSR count). The minimum Gasteiger partial charge on any atom is -0.483 e. The Kier molecular flexibility index (Phi) is 8.10. The predicted molar refractivity (Wildman–Crippen MR) is 129 cm³/mol. The minimum atomic E-state index is -0.493. The summed E-state index contributed by atoms with van der Waals surface area (Å²) < 4.78 is 11.6. The maximum Gasteiger partial charge on any atom is 0.343 e. The number of nitrogens with zero attached hydrogens (tertiary/aromatic N) is 2. The molecule has 0 bridgehead atoms. The lowest BCUT2D eigenvalue weighted by molar-refractivity contribution is -0.385. The number of carbonyl (C=O) groups excluding carboxylic acids is 2. The van der Waals surface area contributed by atoms with Crippen LogP contribution in [0.25, 0.3) is 0 Å². The van der Waals surface area contributed by atoms with Gasteiger partial charge in [-0.3, -0.25) is 14.9 Å². The van der Waals surface area contributed by atoms with Crippen molar-refractivity contribution in [2.75, 3.05) is 6.61 Å². The van der Waals surface area contributed by atoms with Gasteiger partial charge in [0, 0.05) is 16.6 Å². The van der Waals surface area contributed by atoms with Gasteiger partial charge in [-0.2, -0.15) is 5.10 Å². The zero-order valence-corrected chi connectivity index (χ0v) is 19.9. The second-order valence-corrected chi connectivity index (χ2v) is 8.13. The van der Waals surface area contributed by atoms with Crippen LogP contribution in [0.2, 0.25) is 0 Å². The molecular weight excluding hydrogens is 506 g/mol. The van der Waals surface area contributed by atoms with Gasteiger partial charge in [0.05, 0.1) is 16.7 Å². The van der Waals surface area contributed by atoms with E-state index in [4.69, 9.17) is 9.47 Å². The third-order valence-corrected chi connectivity index (χ3v) is 5.05. The van der Waals surface area contributed by atoms with E-state index in [1.165, 1.54) is 18.3 Å². The van der Waals surface area contributed by atoms with E-state index in [9.17, 15) is 19.7 Å². The van der Waals surface area contributed by atoms with Crippen LogP contribution in [0.3, 0.4) is 0 Å². The molecule has 0 heterocycles. The summed E-state index contributed by atoms with van der Waals surface area (Å²) in [6, 6.07) is 16.2. The van der Waals surface area contributed by atoms with Crippen LogP contribution in [0.15, 0.2) is 70.2 Å². The molecule has 0 spiro atoms. The molecule has 0 fully saturated rings. The Labute approximate surface area is 203 Å². The van der Waals surface area contributed by atoms with Crippen molar-refractivity contribution in [2.24, 2.45) is 5.10 Å². The fourth-order valence-corrected chi connectivity index (χ4v) is 3.41. The Morgan fingerprint density at radius 1 is 1.09 bits per heavy atom. The molecule has 0 saturated carbocycles. The van der Waals surface area contributed by atoms with Gasteiger partial charge in [0.2, 0.25) is 0 Å². The van der Waals surface area contributed by atoms with Crippen LogP contribution in [0.1, 0.15) is 27.0 Å². The predicted octanol–water partition coefficient (Wildman–Crippen LogP) is 4.72. The smallest absolute Gasteiger partial charge is 0.343 e. The Morgan fingerprint density at radius 2 is 1.76 bits per heavy atom. The van der Waals surface area contributed by atoms with E-state index in [1.54, 1.807) is 56.3 Å². The van der Waals surface area contributed by atoms with Crippen molar-refractivity contribution >= 4 is 39.7 Å². The van der Waals surface area contributed by atoms with E-state index in [0.29, 0.717) is 33.8 Å². The second-order valence-electron chi connectivity index (χ2n) is 7.22. The van der Waals surface area contributed by atoms with Crippen molar-refractivity contribution in [1.82, 2.24) is 5.43 Å². The zero-order valence-electron chi connectivity index (χ0n) is 18.3. The van der Waals surface area contributed by atoms with E-state index in [-0.39, 0.29) is 12.3 Å². The first kappa shape index (κ1) is 24.6. The van der Waals surface area contributed by atoms with Crippen molar-refractivity contribution in [3.8, 4) is 11.5 Å². The topological polar surface area (TPSA) is 120 Å². The Balaban J connectivity index is 1.50. The number of ether oxygens (including phenoxy) is 2. The molecule has 10 heteroatoms. The summed E-state index contributed by atoms with van der Waals surface area (Å²) in [7, 11) is 0. The quantitative estimate of drug-likeness (QED) is 0.149. The van der Waals surface area contributed by atoms with E-state index in [2.05, 4.69) is 26.5 Å². The Bertz CT molecular complexity index is 1230. The molecule has 0 radical (unpaired) electrons. The number of nitro groups is 1. The lowest BCUT2D eigenvalue weighted by atomic mass is 10.1. The molecule has 0 aliphatic heterocycles. The van der Waals surface area contributed by atoms with Gasteiger partial charge >= 0.3 is 5.97 Å². The van der Waals surface area contributed by atoms with Crippen molar-refractivity contribution < 1.29 is 24.0 Å². The highest BCUT2D eigenvalue weighted by atomic mass is 79.9. The molecule has 1 N–H and O–H groups in total. The van der Waals surface area contributed by atoms with Crippen LogP contribution in [0.4, 0.5) is 5.69 Å². The van der Waals surface area contributed by atoms with Gasteiger partial charge in [-0.15, -0.1) is 0 Å². The van der Waals surface area contributed by atoms with Gasteiger partial charge in [-0.05, 0) is 73.0 Å². The number of benzene rings is 3. The molecule has 0 atom stereocenters. The second kappa shape index (κ2) is 11.2. The van der Waals surface area contributed by atoms with Gasteiger partial charge in [0.15, 0.2) is 6.61 Å². The largest absolute Gasteiger partial charge is 0.483 e. The number of hydrazone groups is 1. The maximum absolute atomic E-state index is 12.2. The SMILES string of the molecule is Cc1cc([N+](=O)[O-])cc(C)c1OCC(=O)N/N=C/c1ccc(OC(=O)c2cccc(Br)c2)cc1. The number of halogens is 1. The normalized spacial score (nSPS) is 10.7. The summed E-state index contributed by atoms with van der Waals surface area (Å²) in [6.45, 7) is 3.04. The number of hydrogen-bond acceptors (Lipinski definition) is 7. The van der Waals surface area contributed by atoms with Crippen molar-refractivity contribution in [1.29, 1.82) is 0 Å². The first-order chi connectivity index (χ1) is 16.2. The molecule has 9 nitrogen and oxygen atoms in total. The molecule has 3 aromatic rings. The third-order valence-electron chi connectivity index (χ3n) is 4.56. The van der Waals surface area contributed by atoms with Gasteiger partial charge < -0.3 is 9.47 Å². The average Bonchev–Trinajstić information content (AvgIpc) is 2.79. The van der Waals surface area contributed by atoms with Gasteiger partial charge in [-0.1, -0.05) is 22.0 Å². The molecule has 3 aromatic carbocycles. The van der Waals surface area contributed by atoms with Crippen molar-refractivity contribution in [3.63, 3.8) is 0 Å². The van der Waals surface area contributed by atoms with Crippen LogP contribution < -0.4 is 14.9 Å². The molecule has 174 valence electrons. The number of rotatable bonds is 8. The highest BCUT2D eigenvalue weighted by Crippen LogP contribution is 2.28. The van der Waals surface area contributed by atoms with Gasteiger partial charge in [0.1, 0.15) is 11.5 Å². The maximum atomic E-state index is 12.2. The highest BCUT2D eigenvalue weighted by molar-refractivity contribution is 9.10. The molecule has 1 amide bonds. The van der Waals surface area contributed by atoms with Crippen LogP contribution in [0.5, 0.6) is 11.5 Å². The van der Waals surface area contributed by atoms with E-state index < -0.39 is 16.8 Å². The van der Waals surface area contributed by atoms with Crippen molar-refractivity contribution in [2.45, 2.75) is 13.8 Å². The summed E-state index contributed by atoms with van der Waals surface area (Å²) in [4.78, 5) is 34.6. The van der Waals surface area contributed by atoms with Crippen LogP contribution in [-0.4, -0.2) is 29.6 Å². The standard InChI is InChI=1S/C24H20BrN3O6/c1-15-10-20(28(31)32)11-16(2)23(15)33-14-22(29)27-26-13-17-6-8-21(9-7-17)34-24(30)18-4-3-5-19(25)12-18/h3-13H,14H2,1-2H3,(H,27,29)/b26-13+. The molecule has 0 aliphatic carbocycles. The molecule has 34 heavy (non-hydrogen) atoms. The number of nitrogens with one attached hydrogen (secondary N) is 1. The molecule has 0 aromatic heterocycles. The van der Waals surface area contributed by atoms with E-state index >= 15 is 0 Å². The van der Waals surface area contributed by atoms with Gasteiger partial charge in [0.25, 0.3) is 11.6 Å². The number of nitro benzene ring substituents is 1. The first-order valence-corrected chi connectivity index (χ1v) is 10.8. The molecule has 0 unspecified atom stereocenters.